The summed E-state index contributed by atoms with van der Waals surface area (Å²) in [6, 6.07) is 7.88. The Kier molecular flexibility index (Phi) is 3.79. The van der Waals surface area contributed by atoms with Crippen LogP contribution >= 0.6 is 0 Å². The molecule has 17 heavy (non-hydrogen) atoms. The van der Waals surface area contributed by atoms with Gasteiger partial charge in [0.05, 0.1) is 0 Å². The number of alkyl halides is 1. The number of rotatable bonds is 3. The van der Waals surface area contributed by atoms with E-state index < -0.39 is 5.67 Å². The van der Waals surface area contributed by atoms with Gasteiger partial charge in [-0.05, 0) is 25.0 Å². The first-order valence-electron chi connectivity index (χ1n) is 6.27. The Bertz CT molecular complexity index is 365. The summed E-state index contributed by atoms with van der Waals surface area (Å²) >= 11 is 0. The second kappa shape index (κ2) is 5.15. The molecule has 2 nitrogen and oxygen atoms in total. The number of piperazine rings is 1. The molecule has 1 fully saturated rings. The van der Waals surface area contributed by atoms with Gasteiger partial charge >= 0.3 is 0 Å². The van der Waals surface area contributed by atoms with Gasteiger partial charge < -0.3 is 5.32 Å². The number of hydrogen-bond donors (Lipinski definition) is 1. The Morgan fingerprint density at radius 2 is 2.00 bits per heavy atom. The molecule has 0 saturated carbocycles. The van der Waals surface area contributed by atoms with Gasteiger partial charge in [-0.15, -0.1) is 0 Å². The Balaban J connectivity index is 2.05. The number of benzene rings is 1. The molecule has 94 valence electrons. The Morgan fingerprint density at radius 1 is 1.29 bits per heavy atom. The molecule has 0 spiro atoms. The summed E-state index contributed by atoms with van der Waals surface area (Å²) in [6.07, 6.45) is 0. The third-order valence-corrected chi connectivity index (χ3v) is 3.23. The highest BCUT2D eigenvalue weighted by molar-refractivity contribution is 5.27. The average Bonchev–Trinajstić information content (AvgIpc) is 2.29. The molecule has 0 aliphatic carbocycles. The summed E-state index contributed by atoms with van der Waals surface area (Å²) in [5.74, 6) is 0. The van der Waals surface area contributed by atoms with E-state index in [4.69, 9.17) is 0 Å². The summed E-state index contributed by atoms with van der Waals surface area (Å²) in [6.45, 7) is 8.38. The van der Waals surface area contributed by atoms with Crippen molar-refractivity contribution < 1.29 is 4.39 Å². The van der Waals surface area contributed by atoms with Gasteiger partial charge in [-0.25, -0.2) is 4.39 Å². The summed E-state index contributed by atoms with van der Waals surface area (Å²) in [7, 11) is 0. The lowest BCUT2D eigenvalue weighted by Crippen LogP contribution is -2.42. The fourth-order valence-electron chi connectivity index (χ4n) is 2.17. The predicted molar refractivity (Wildman–Crippen MR) is 68.7 cm³/mol. The second-order valence-corrected chi connectivity index (χ2v) is 5.20. The van der Waals surface area contributed by atoms with Crippen molar-refractivity contribution in [1.82, 2.24) is 10.2 Å². The van der Waals surface area contributed by atoms with Crippen LogP contribution in [0.1, 0.15) is 25.0 Å². The highest BCUT2D eigenvalue weighted by atomic mass is 19.1. The van der Waals surface area contributed by atoms with Crippen LogP contribution < -0.4 is 5.32 Å². The van der Waals surface area contributed by atoms with E-state index in [1.807, 2.05) is 18.2 Å². The van der Waals surface area contributed by atoms with Gasteiger partial charge in [0.1, 0.15) is 5.67 Å². The molecule has 1 N–H and O–H groups in total. The first kappa shape index (κ1) is 12.5. The van der Waals surface area contributed by atoms with Crippen LogP contribution in [0.3, 0.4) is 0 Å². The fourth-order valence-corrected chi connectivity index (χ4v) is 2.17. The maximum absolute atomic E-state index is 13.9. The maximum atomic E-state index is 13.9. The van der Waals surface area contributed by atoms with Crippen LogP contribution in [-0.2, 0) is 12.2 Å². The van der Waals surface area contributed by atoms with Crippen molar-refractivity contribution in [2.45, 2.75) is 26.1 Å². The lowest BCUT2D eigenvalue weighted by molar-refractivity contribution is 0.219. The monoisotopic (exact) mass is 236 g/mol. The van der Waals surface area contributed by atoms with E-state index in [-0.39, 0.29) is 0 Å². The zero-order valence-electron chi connectivity index (χ0n) is 10.7. The third kappa shape index (κ3) is 3.51. The highest BCUT2D eigenvalue weighted by Crippen LogP contribution is 2.25. The summed E-state index contributed by atoms with van der Waals surface area (Å²) < 4.78 is 13.9. The topological polar surface area (TPSA) is 15.3 Å². The number of nitrogens with zero attached hydrogens (tertiary/aromatic N) is 1. The van der Waals surface area contributed by atoms with Gasteiger partial charge in [0, 0.05) is 32.7 Å². The molecule has 3 heteroatoms. The SMILES string of the molecule is CC(C)(F)c1cccc(CN2CCNCC2)c1. The van der Waals surface area contributed by atoms with E-state index in [0.717, 1.165) is 38.3 Å². The van der Waals surface area contributed by atoms with Gasteiger partial charge in [-0.2, -0.15) is 0 Å². The molecule has 1 heterocycles. The second-order valence-electron chi connectivity index (χ2n) is 5.20. The van der Waals surface area contributed by atoms with Crippen LogP contribution in [0.25, 0.3) is 0 Å². The molecule has 0 aromatic heterocycles. The van der Waals surface area contributed by atoms with Crippen molar-refractivity contribution in [1.29, 1.82) is 0 Å². The zero-order chi connectivity index (χ0) is 12.3. The minimum Gasteiger partial charge on any atom is -0.314 e. The van der Waals surface area contributed by atoms with E-state index in [1.54, 1.807) is 13.8 Å². The molecule has 1 saturated heterocycles. The Morgan fingerprint density at radius 3 is 2.65 bits per heavy atom. The summed E-state index contributed by atoms with van der Waals surface area (Å²) in [4.78, 5) is 2.40. The minimum atomic E-state index is -1.25. The van der Waals surface area contributed by atoms with Crippen LogP contribution in [-0.4, -0.2) is 31.1 Å². The molecule has 0 unspecified atom stereocenters. The molecule has 0 atom stereocenters. The predicted octanol–water partition coefficient (Wildman–Crippen LogP) is 2.30. The normalized spacial score (nSPS) is 18.3. The molecular weight excluding hydrogens is 215 g/mol. The van der Waals surface area contributed by atoms with E-state index in [1.165, 1.54) is 5.56 Å². The van der Waals surface area contributed by atoms with Crippen molar-refractivity contribution in [3.63, 3.8) is 0 Å². The summed E-state index contributed by atoms with van der Waals surface area (Å²) in [5, 5.41) is 3.33. The number of nitrogens with one attached hydrogen (secondary N) is 1. The van der Waals surface area contributed by atoms with Crippen LogP contribution in [0.15, 0.2) is 24.3 Å². The van der Waals surface area contributed by atoms with Crippen molar-refractivity contribution in [2.24, 2.45) is 0 Å². The van der Waals surface area contributed by atoms with E-state index >= 15 is 0 Å². The van der Waals surface area contributed by atoms with Crippen molar-refractivity contribution >= 4 is 0 Å². The largest absolute Gasteiger partial charge is 0.314 e. The molecule has 0 bridgehead atoms. The van der Waals surface area contributed by atoms with Gasteiger partial charge in [0.2, 0.25) is 0 Å². The molecule has 1 aromatic carbocycles. The van der Waals surface area contributed by atoms with Crippen molar-refractivity contribution in [3.05, 3.63) is 35.4 Å². The van der Waals surface area contributed by atoms with E-state index in [0.29, 0.717) is 0 Å². The fraction of sp³-hybridized carbons (Fsp3) is 0.571. The van der Waals surface area contributed by atoms with E-state index in [2.05, 4.69) is 16.3 Å². The smallest absolute Gasteiger partial charge is 0.130 e. The molecule has 0 amide bonds. The van der Waals surface area contributed by atoms with Crippen molar-refractivity contribution in [2.75, 3.05) is 26.2 Å². The van der Waals surface area contributed by atoms with Crippen LogP contribution in [0, 0.1) is 0 Å². The van der Waals surface area contributed by atoms with Gasteiger partial charge in [-0.1, -0.05) is 24.3 Å². The van der Waals surface area contributed by atoms with Crippen molar-refractivity contribution in [3.8, 4) is 0 Å². The molecule has 1 aliphatic rings. The van der Waals surface area contributed by atoms with Crippen LogP contribution in [0.5, 0.6) is 0 Å². The van der Waals surface area contributed by atoms with Gasteiger partial charge in [-0.3, -0.25) is 4.90 Å². The third-order valence-electron chi connectivity index (χ3n) is 3.23. The first-order valence-corrected chi connectivity index (χ1v) is 6.27. The van der Waals surface area contributed by atoms with E-state index in [9.17, 15) is 4.39 Å². The zero-order valence-corrected chi connectivity index (χ0v) is 10.7. The Labute approximate surface area is 103 Å². The molecule has 0 radical (unpaired) electrons. The van der Waals surface area contributed by atoms with Crippen LogP contribution in [0.4, 0.5) is 4.39 Å². The maximum Gasteiger partial charge on any atom is 0.130 e. The molecule has 1 aliphatic heterocycles. The standard InChI is InChI=1S/C14H21FN2/c1-14(2,15)13-5-3-4-12(10-13)11-17-8-6-16-7-9-17/h3-5,10,16H,6-9,11H2,1-2H3. The average molecular weight is 236 g/mol. The Hall–Kier alpha value is -0.930. The first-order chi connectivity index (χ1) is 8.05. The van der Waals surface area contributed by atoms with Gasteiger partial charge in [0.25, 0.3) is 0 Å². The van der Waals surface area contributed by atoms with Crippen LogP contribution in [0.2, 0.25) is 0 Å². The number of halogens is 1. The minimum absolute atomic E-state index is 0.769. The quantitative estimate of drug-likeness (QED) is 0.866. The van der Waals surface area contributed by atoms with Gasteiger partial charge in [0.15, 0.2) is 0 Å². The lowest BCUT2D eigenvalue weighted by Gasteiger charge is -2.27. The molecule has 1 aromatic rings. The lowest BCUT2D eigenvalue weighted by atomic mass is 9.98. The molecule has 2 rings (SSSR count). The summed E-state index contributed by atoms with van der Waals surface area (Å²) in [5.41, 5.74) is 0.722. The number of hydrogen-bond acceptors (Lipinski definition) is 2. The highest BCUT2D eigenvalue weighted by Gasteiger charge is 2.19. The molecular formula is C14H21FN2.